The van der Waals surface area contributed by atoms with Crippen molar-refractivity contribution in [3.8, 4) is 0 Å². The molecule has 25 heavy (non-hydrogen) atoms. The third-order valence-electron chi connectivity index (χ3n) is 5.00. The summed E-state index contributed by atoms with van der Waals surface area (Å²) in [7, 11) is 0. The van der Waals surface area contributed by atoms with Crippen molar-refractivity contribution in [1.29, 1.82) is 0 Å². The summed E-state index contributed by atoms with van der Waals surface area (Å²) in [5.41, 5.74) is 3.01. The Morgan fingerprint density at radius 3 is 2.96 bits per heavy atom. The zero-order chi connectivity index (χ0) is 17.5. The summed E-state index contributed by atoms with van der Waals surface area (Å²) in [5, 5.41) is 3.08. The summed E-state index contributed by atoms with van der Waals surface area (Å²) in [4.78, 5) is 22.5. The van der Waals surface area contributed by atoms with Crippen LogP contribution in [0.3, 0.4) is 0 Å². The standard InChI is InChI=1S/C18H30N4O2S/c1-15-17(25-14-20-15)6-4-7-19-18(23)22-10-5-11-24-16(13-22)12-21-8-2-3-9-21/h14,16H,2-13H2,1H3,(H,19,23)/t16-/m0/s1. The molecule has 2 fully saturated rings. The van der Waals surface area contributed by atoms with Gasteiger partial charge in [0.15, 0.2) is 0 Å². The number of nitrogens with zero attached hydrogens (tertiary/aromatic N) is 3. The van der Waals surface area contributed by atoms with E-state index in [0.29, 0.717) is 13.1 Å². The number of thiazole rings is 1. The highest BCUT2D eigenvalue weighted by atomic mass is 32.1. The number of likely N-dealkylation sites (tertiary alicyclic amines) is 1. The highest BCUT2D eigenvalue weighted by Gasteiger charge is 2.25. The van der Waals surface area contributed by atoms with Gasteiger partial charge in [-0.1, -0.05) is 0 Å². The monoisotopic (exact) mass is 366 g/mol. The van der Waals surface area contributed by atoms with Crippen molar-refractivity contribution >= 4 is 17.4 Å². The molecule has 0 spiro atoms. The number of carbonyl (C=O) groups is 1. The molecule has 2 amide bonds. The van der Waals surface area contributed by atoms with Gasteiger partial charge in [0.25, 0.3) is 0 Å². The zero-order valence-electron chi connectivity index (χ0n) is 15.2. The van der Waals surface area contributed by atoms with Crippen LogP contribution in [0.25, 0.3) is 0 Å². The molecule has 0 aromatic carbocycles. The predicted octanol–water partition coefficient (Wildman–Crippen LogP) is 2.28. The van der Waals surface area contributed by atoms with Crippen LogP contribution < -0.4 is 5.32 Å². The third kappa shape index (κ3) is 5.66. The van der Waals surface area contributed by atoms with Crippen LogP contribution in [0.15, 0.2) is 5.51 Å². The summed E-state index contributed by atoms with van der Waals surface area (Å²) in [6.07, 6.45) is 5.58. The number of urea groups is 1. The fourth-order valence-electron chi connectivity index (χ4n) is 3.57. The lowest BCUT2D eigenvalue weighted by Crippen LogP contribution is -2.46. The van der Waals surface area contributed by atoms with Gasteiger partial charge in [0.2, 0.25) is 0 Å². The van der Waals surface area contributed by atoms with E-state index >= 15 is 0 Å². The molecule has 1 aromatic heterocycles. The molecule has 1 aromatic rings. The minimum Gasteiger partial charge on any atom is -0.375 e. The second kappa shape index (κ2) is 9.50. The van der Waals surface area contributed by atoms with Gasteiger partial charge in [0.1, 0.15) is 0 Å². The molecule has 0 saturated carbocycles. The molecule has 3 rings (SSSR count). The number of nitrogens with one attached hydrogen (secondary N) is 1. The van der Waals surface area contributed by atoms with Crippen LogP contribution in [-0.2, 0) is 11.2 Å². The molecule has 0 bridgehead atoms. The van der Waals surface area contributed by atoms with Crippen LogP contribution in [0, 0.1) is 6.92 Å². The Kier molecular flexibility index (Phi) is 7.07. The van der Waals surface area contributed by atoms with Crippen LogP contribution in [0.4, 0.5) is 4.79 Å². The Morgan fingerprint density at radius 1 is 1.36 bits per heavy atom. The van der Waals surface area contributed by atoms with Crippen molar-refractivity contribution < 1.29 is 9.53 Å². The molecular formula is C18H30N4O2S. The average molecular weight is 367 g/mol. The largest absolute Gasteiger partial charge is 0.375 e. The van der Waals surface area contributed by atoms with Gasteiger partial charge in [-0.05, 0) is 52.1 Å². The van der Waals surface area contributed by atoms with E-state index in [4.69, 9.17) is 4.74 Å². The predicted molar refractivity (Wildman–Crippen MR) is 100 cm³/mol. The number of aryl methyl sites for hydroxylation is 2. The van der Waals surface area contributed by atoms with E-state index in [1.54, 1.807) is 11.3 Å². The quantitative estimate of drug-likeness (QED) is 0.785. The van der Waals surface area contributed by atoms with Crippen LogP contribution in [-0.4, -0.2) is 72.8 Å². The minimum absolute atomic E-state index is 0.0537. The first-order chi connectivity index (χ1) is 12.2. The molecule has 3 heterocycles. The SMILES string of the molecule is Cc1ncsc1CCCNC(=O)N1CCCO[C@@H](CN2CCCC2)C1. The molecule has 2 aliphatic heterocycles. The first-order valence-corrected chi connectivity index (χ1v) is 10.4. The molecule has 6 nitrogen and oxygen atoms in total. The summed E-state index contributed by atoms with van der Waals surface area (Å²) in [6.45, 7) is 8.30. The normalized spacial score (nSPS) is 22.1. The van der Waals surface area contributed by atoms with Gasteiger partial charge in [-0.2, -0.15) is 0 Å². The summed E-state index contributed by atoms with van der Waals surface area (Å²) in [5.74, 6) is 0. The van der Waals surface area contributed by atoms with E-state index in [1.807, 2.05) is 17.3 Å². The van der Waals surface area contributed by atoms with Gasteiger partial charge >= 0.3 is 6.03 Å². The number of amides is 2. The first-order valence-electron chi connectivity index (χ1n) is 9.48. The van der Waals surface area contributed by atoms with E-state index in [0.717, 1.165) is 44.7 Å². The van der Waals surface area contributed by atoms with Gasteiger partial charge in [0.05, 0.1) is 17.3 Å². The van der Waals surface area contributed by atoms with E-state index in [1.165, 1.54) is 30.8 Å². The maximum absolute atomic E-state index is 12.5. The van der Waals surface area contributed by atoms with Crippen molar-refractivity contribution in [2.75, 3.05) is 45.9 Å². The van der Waals surface area contributed by atoms with E-state index in [-0.39, 0.29) is 12.1 Å². The highest BCUT2D eigenvalue weighted by molar-refractivity contribution is 7.09. The average Bonchev–Trinajstić information content (AvgIpc) is 3.19. The molecule has 1 atom stereocenters. The maximum Gasteiger partial charge on any atom is 0.317 e. The van der Waals surface area contributed by atoms with Crippen molar-refractivity contribution in [2.24, 2.45) is 0 Å². The number of carbonyl (C=O) groups excluding carboxylic acids is 1. The smallest absolute Gasteiger partial charge is 0.317 e. The number of hydrogen-bond acceptors (Lipinski definition) is 5. The van der Waals surface area contributed by atoms with E-state index < -0.39 is 0 Å². The topological polar surface area (TPSA) is 57.7 Å². The fraction of sp³-hybridized carbons (Fsp3) is 0.778. The molecule has 1 N–H and O–H groups in total. The molecule has 0 radical (unpaired) electrons. The van der Waals surface area contributed by atoms with Crippen LogP contribution in [0.1, 0.15) is 36.3 Å². The fourth-order valence-corrected chi connectivity index (χ4v) is 4.39. The number of ether oxygens (including phenoxy) is 1. The van der Waals surface area contributed by atoms with E-state index in [9.17, 15) is 4.79 Å². The van der Waals surface area contributed by atoms with Crippen molar-refractivity contribution in [3.05, 3.63) is 16.1 Å². The van der Waals surface area contributed by atoms with Gasteiger partial charge in [-0.15, -0.1) is 11.3 Å². The summed E-state index contributed by atoms with van der Waals surface area (Å²) < 4.78 is 5.96. The van der Waals surface area contributed by atoms with E-state index in [2.05, 4.69) is 15.2 Å². The number of aromatic nitrogens is 1. The Balaban J connectivity index is 1.39. The van der Waals surface area contributed by atoms with Gasteiger partial charge in [-0.3, -0.25) is 0 Å². The second-order valence-corrected chi connectivity index (χ2v) is 7.94. The van der Waals surface area contributed by atoms with Crippen LogP contribution in [0.2, 0.25) is 0 Å². The lowest BCUT2D eigenvalue weighted by Gasteiger charge is -2.27. The van der Waals surface area contributed by atoms with Crippen LogP contribution >= 0.6 is 11.3 Å². The molecule has 2 aliphatic rings. The first kappa shape index (κ1) is 18.6. The Bertz CT molecular complexity index is 545. The Labute approximate surface area is 154 Å². The van der Waals surface area contributed by atoms with Gasteiger partial charge in [-0.25, -0.2) is 9.78 Å². The van der Waals surface area contributed by atoms with Crippen molar-refractivity contribution in [2.45, 2.75) is 45.1 Å². The lowest BCUT2D eigenvalue weighted by molar-refractivity contribution is 0.0349. The van der Waals surface area contributed by atoms with Crippen molar-refractivity contribution in [3.63, 3.8) is 0 Å². The summed E-state index contributed by atoms with van der Waals surface area (Å²) in [6, 6.07) is 0.0537. The molecule has 0 aliphatic carbocycles. The zero-order valence-corrected chi connectivity index (χ0v) is 16.0. The molecule has 7 heteroatoms. The van der Waals surface area contributed by atoms with Gasteiger partial charge in [0, 0.05) is 37.7 Å². The highest BCUT2D eigenvalue weighted by Crippen LogP contribution is 2.14. The third-order valence-corrected chi connectivity index (χ3v) is 5.99. The number of rotatable bonds is 6. The second-order valence-electron chi connectivity index (χ2n) is 7.00. The molecule has 0 unspecified atom stereocenters. The Hall–Kier alpha value is -1.18. The summed E-state index contributed by atoms with van der Waals surface area (Å²) >= 11 is 1.70. The molecular weight excluding hydrogens is 336 g/mol. The van der Waals surface area contributed by atoms with Crippen LogP contribution in [0.5, 0.6) is 0 Å². The maximum atomic E-state index is 12.5. The number of hydrogen-bond donors (Lipinski definition) is 1. The lowest BCUT2D eigenvalue weighted by atomic mass is 10.2. The minimum atomic E-state index is 0.0537. The molecule has 140 valence electrons. The Morgan fingerprint density at radius 2 is 2.20 bits per heavy atom. The van der Waals surface area contributed by atoms with Crippen molar-refractivity contribution in [1.82, 2.24) is 20.1 Å². The molecule has 2 saturated heterocycles. The van der Waals surface area contributed by atoms with Gasteiger partial charge < -0.3 is 19.9 Å².